The van der Waals surface area contributed by atoms with E-state index in [0.29, 0.717) is 10.6 Å². The molecule has 0 atom stereocenters. The molecule has 80 valence electrons. The summed E-state index contributed by atoms with van der Waals surface area (Å²) < 4.78 is 23.4. The van der Waals surface area contributed by atoms with E-state index in [4.69, 9.17) is 16.9 Å². The van der Waals surface area contributed by atoms with Gasteiger partial charge in [0.2, 0.25) is 10.0 Å². The maximum absolute atomic E-state index is 11.1. The first kappa shape index (κ1) is 10.7. The topological polar surface area (TPSA) is 75.8 Å². The molecule has 1 aromatic carbocycles. The van der Waals surface area contributed by atoms with Crippen molar-refractivity contribution in [1.82, 2.24) is 3.82 Å². The second-order valence-electron chi connectivity index (χ2n) is 2.78. The third kappa shape index (κ3) is 2.25. The average Bonchev–Trinajstić information content (AvgIpc) is 2.15. The molecule has 2 rings (SSSR count). The van der Waals surface area contributed by atoms with Crippen LogP contribution in [0.1, 0.15) is 0 Å². The van der Waals surface area contributed by atoms with E-state index >= 15 is 0 Å². The fraction of sp³-hybridized carbons (Fsp3) is 0. The van der Waals surface area contributed by atoms with Crippen LogP contribution in [0.4, 0.5) is 5.69 Å². The Morgan fingerprint density at radius 2 is 2.20 bits per heavy atom. The van der Waals surface area contributed by atoms with E-state index in [1.165, 1.54) is 34.2 Å². The van der Waals surface area contributed by atoms with Gasteiger partial charge >= 0.3 is 0 Å². The summed E-state index contributed by atoms with van der Waals surface area (Å²) in [5.41, 5.74) is 0.671. The van der Waals surface area contributed by atoms with Gasteiger partial charge in [-0.2, -0.15) is 0 Å². The van der Waals surface area contributed by atoms with Gasteiger partial charge < -0.3 is 0 Å². The molecular formula is C7H6ClN3O2S2. The van der Waals surface area contributed by atoms with Crippen LogP contribution in [0, 0.1) is 0 Å². The molecule has 0 saturated carbocycles. The predicted molar refractivity (Wildman–Crippen MR) is 59.5 cm³/mol. The standard InChI is InChI=1S/C7H6ClN3O2S2/c8-11-4-10-6-2-1-5(15(9,12)13)3-7(6)14-11/h1-4H,(H2,9,12,13). The molecule has 0 spiro atoms. The molecule has 0 unspecified atom stereocenters. The average molecular weight is 264 g/mol. The molecule has 0 bridgehead atoms. The highest BCUT2D eigenvalue weighted by molar-refractivity contribution is 7.98. The minimum absolute atomic E-state index is 0.0518. The Hall–Kier alpha value is -0.760. The molecule has 5 nitrogen and oxygen atoms in total. The quantitative estimate of drug-likeness (QED) is 0.615. The SMILES string of the molecule is NS(=O)(=O)c1ccc2c(c1)SN(Cl)C=N2. The number of nitrogens with two attached hydrogens (primary N) is 1. The van der Waals surface area contributed by atoms with Crippen molar-refractivity contribution >= 4 is 45.8 Å². The van der Waals surface area contributed by atoms with Gasteiger partial charge in [0, 0.05) is 23.7 Å². The third-order valence-corrected chi connectivity index (χ3v) is 3.73. The Morgan fingerprint density at radius 3 is 2.87 bits per heavy atom. The molecule has 1 heterocycles. The summed E-state index contributed by atoms with van der Waals surface area (Å²) in [6.45, 7) is 0. The smallest absolute Gasteiger partial charge is 0.236 e. The summed E-state index contributed by atoms with van der Waals surface area (Å²) in [5.74, 6) is 0. The summed E-state index contributed by atoms with van der Waals surface area (Å²) in [6, 6.07) is 4.44. The lowest BCUT2D eigenvalue weighted by Crippen LogP contribution is -2.12. The molecule has 1 aromatic rings. The first-order chi connectivity index (χ1) is 6.97. The molecule has 0 amide bonds. The summed E-state index contributed by atoms with van der Waals surface area (Å²) in [7, 11) is -3.68. The zero-order valence-corrected chi connectivity index (χ0v) is 9.68. The fourth-order valence-corrected chi connectivity index (χ4v) is 2.63. The number of benzene rings is 1. The van der Waals surface area contributed by atoms with Crippen molar-refractivity contribution in [2.45, 2.75) is 9.79 Å². The van der Waals surface area contributed by atoms with Crippen LogP contribution in [0.3, 0.4) is 0 Å². The first-order valence-corrected chi connectivity index (χ1v) is 6.46. The zero-order valence-electron chi connectivity index (χ0n) is 7.29. The van der Waals surface area contributed by atoms with Crippen LogP contribution in [0.25, 0.3) is 0 Å². The van der Waals surface area contributed by atoms with E-state index in [9.17, 15) is 8.42 Å². The largest absolute Gasteiger partial charge is 0.238 e. The van der Waals surface area contributed by atoms with Crippen LogP contribution < -0.4 is 5.14 Å². The van der Waals surface area contributed by atoms with Gasteiger partial charge in [-0.1, -0.05) is 0 Å². The maximum atomic E-state index is 11.1. The van der Waals surface area contributed by atoms with Crippen LogP contribution in [-0.4, -0.2) is 18.6 Å². The van der Waals surface area contributed by atoms with Gasteiger partial charge in [0.15, 0.2) is 0 Å². The number of rotatable bonds is 1. The molecule has 1 aliphatic rings. The second-order valence-corrected chi connectivity index (χ2v) is 5.92. The van der Waals surface area contributed by atoms with Crippen molar-refractivity contribution in [3.05, 3.63) is 18.2 Å². The Balaban J connectivity index is 2.52. The number of primary sulfonamides is 1. The van der Waals surface area contributed by atoms with Gasteiger partial charge in [-0.05, 0) is 18.2 Å². The van der Waals surface area contributed by atoms with Gasteiger partial charge in [-0.15, -0.1) is 0 Å². The third-order valence-electron chi connectivity index (χ3n) is 1.73. The van der Waals surface area contributed by atoms with E-state index in [0.717, 1.165) is 0 Å². The summed E-state index contributed by atoms with van der Waals surface area (Å²) in [4.78, 5) is 4.71. The number of fused-ring (bicyclic) bond motifs is 1. The summed E-state index contributed by atoms with van der Waals surface area (Å²) in [5, 5.41) is 5.00. The van der Waals surface area contributed by atoms with Crippen molar-refractivity contribution in [2.75, 3.05) is 0 Å². The Labute approximate surface area is 96.2 Å². The van der Waals surface area contributed by atoms with Crippen molar-refractivity contribution in [1.29, 1.82) is 0 Å². The fourth-order valence-electron chi connectivity index (χ4n) is 1.08. The van der Waals surface area contributed by atoms with E-state index in [2.05, 4.69) is 4.99 Å². The second kappa shape index (κ2) is 3.67. The predicted octanol–water partition coefficient (Wildman–Crippen LogP) is 1.47. The molecule has 2 N–H and O–H groups in total. The van der Waals surface area contributed by atoms with Crippen molar-refractivity contribution in [3.8, 4) is 0 Å². The molecule has 1 aliphatic heterocycles. The number of hydrogen-bond donors (Lipinski definition) is 1. The molecule has 15 heavy (non-hydrogen) atoms. The van der Waals surface area contributed by atoms with Crippen molar-refractivity contribution < 1.29 is 8.42 Å². The highest BCUT2D eigenvalue weighted by Crippen LogP contribution is 2.37. The molecular weight excluding hydrogens is 258 g/mol. The van der Waals surface area contributed by atoms with Gasteiger partial charge in [0.05, 0.1) is 15.5 Å². The monoisotopic (exact) mass is 263 g/mol. The number of hydrogen-bond acceptors (Lipinski definition) is 5. The van der Waals surface area contributed by atoms with Crippen LogP contribution in [-0.2, 0) is 10.0 Å². The van der Waals surface area contributed by atoms with Gasteiger partial charge in [-0.3, -0.25) is 0 Å². The molecule has 0 saturated heterocycles. The molecule has 8 heteroatoms. The molecule has 0 fully saturated rings. The maximum Gasteiger partial charge on any atom is 0.238 e. The van der Waals surface area contributed by atoms with E-state index in [1.807, 2.05) is 0 Å². The Morgan fingerprint density at radius 1 is 1.47 bits per heavy atom. The minimum Gasteiger partial charge on any atom is -0.236 e. The van der Waals surface area contributed by atoms with E-state index < -0.39 is 10.0 Å². The van der Waals surface area contributed by atoms with Gasteiger partial charge in [0.1, 0.15) is 6.34 Å². The summed E-state index contributed by atoms with van der Waals surface area (Å²) in [6.07, 6.45) is 1.44. The highest BCUT2D eigenvalue weighted by Gasteiger charge is 2.15. The van der Waals surface area contributed by atoms with Gasteiger partial charge in [-0.25, -0.2) is 22.4 Å². The minimum atomic E-state index is -3.68. The lowest BCUT2D eigenvalue weighted by atomic mass is 10.3. The van der Waals surface area contributed by atoms with E-state index in [1.54, 1.807) is 6.07 Å². The Bertz CT molecular complexity index is 529. The number of nitrogens with zero attached hydrogens (tertiary/aromatic N) is 2. The van der Waals surface area contributed by atoms with Crippen LogP contribution >= 0.6 is 23.7 Å². The zero-order chi connectivity index (χ0) is 11.1. The van der Waals surface area contributed by atoms with E-state index in [-0.39, 0.29) is 4.90 Å². The first-order valence-electron chi connectivity index (χ1n) is 3.81. The number of halogens is 1. The highest BCUT2D eigenvalue weighted by atomic mass is 35.5. The van der Waals surface area contributed by atoms with Crippen LogP contribution in [0.15, 0.2) is 33.0 Å². The molecule has 0 aromatic heterocycles. The van der Waals surface area contributed by atoms with Crippen molar-refractivity contribution in [3.63, 3.8) is 0 Å². The Kier molecular flexibility index (Phi) is 2.63. The molecule has 0 radical (unpaired) electrons. The lowest BCUT2D eigenvalue weighted by molar-refractivity contribution is 0.597. The normalized spacial score (nSPS) is 15.2. The van der Waals surface area contributed by atoms with Crippen LogP contribution in [0.5, 0.6) is 0 Å². The van der Waals surface area contributed by atoms with Crippen LogP contribution in [0.2, 0.25) is 0 Å². The summed E-state index contributed by atoms with van der Waals surface area (Å²) >= 11 is 6.85. The van der Waals surface area contributed by atoms with Gasteiger partial charge in [0.25, 0.3) is 0 Å². The molecule has 0 aliphatic carbocycles. The number of sulfonamides is 1. The number of aliphatic imine (C=N–C) groups is 1. The van der Waals surface area contributed by atoms with Crippen molar-refractivity contribution in [2.24, 2.45) is 10.1 Å². The lowest BCUT2D eigenvalue weighted by Gasteiger charge is -2.15.